The number of urea groups is 1. The molecule has 1 fully saturated rings. The number of nitrogens with one attached hydrogen (secondary N) is 1. The van der Waals surface area contributed by atoms with Crippen LogP contribution in [-0.4, -0.2) is 58.8 Å². The Balaban J connectivity index is 1.96. The zero-order valence-electron chi connectivity index (χ0n) is 12.7. The summed E-state index contributed by atoms with van der Waals surface area (Å²) in [6.07, 6.45) is 3.03. The third-order valence-corrected chi connectivity index (χ3v) is 3.68. The van der Waals surface area contributed by atoms with Crippen molar-refractivity contribution >= 4 is 11.8 Å². The van der Waals surface area contributed by atoms with Crippen LogP contribution in [0.3, 0.4) is 0 Å². The number of nitrogens with zero attached hydrogens (tertiary/aromatic N) is 4. The van der Waals surface area contributed by atoms with Crippen LogP contribution >= 0.6 is 0 Å². The van der Waals surface area contributed by atoms with Gasteiger partial charge in [0.05, 0.1) is 5.69 Å². The maximum atomic E-state index is 12.3. The Kier molecular flexibility index (Phi) is 5.00. The van der Waals surface area contributed by atoms with E-state index in [0.717, 1.165) is 57.0 Å². The highest BCUT2D eigenvalue weighted by Gasteiger charge is 2.18. The maximum Gasteiger partial charge on any atom is 0.323 e. The lowest BCUT2D eigenvalue weighted by atomic mass is 10.2. The molecule has 20 heavy (non-hydrogen) atoms. The first kappa shape index (κ1) is 14.8. The highest BCUT2D eigenvalue weighted by atomic mass is 16.2. The molecule has 2 rings (SSSR count). The number of anilines is 1. The Hall–Kier alpha value is -1.56. The predicted molar refractivity (Wildman–Crippen MR) is 79.9 cm³/mol. The second kappa shape index (κ2) is 6.74. The first-order chi connectivity index (χ1) is 9.60. The Morgan fingerprint density at radius 3 is 2.85 bits per heavy atom. The van der Waals surface area contributed by atoms with Crippen LogP contribution in [0.1, 0.15) is 25.5 Å². The third kappa shape index (κ3) is 3.72. The highest BCUT2D eigenvalue weighted by molar-refractivity contribution is 5.88. The molecule has 0 aromatic carbocycles. The average molecular weight is 279 g/mol. The predicted octanol–water partition coefficient (Wildman–Crippen LogP) is 1.54. The Labute approximate surface area is 120 Å². The topological polar surface area (TPSA) is 53.4 Å². The largest absolute Gasteiger partial charge is 0.323 e. The lowest BCUT2D eigenvalue weighted by Gasteiger charge is -2.20. The van der Waals surface area contributed by atoms with Gasteiger partial charge in [0.25, 0.3) is 0 Å². The van der Waals surface area contributed by atoms with Crippen molar-refractivity contribution in [2.45, 2.75) is 26.2 Å². The maximum absolute atomic E-state index is 12.3. The molecule has 6 nitrogen and oxygen atoms in total. The van der Waals surface area contributed by atoms with Gasteiger partial charge in [-0.25, -0.2) is 4.79 Å². The number of amides is 2. The van der Waals surface area contributed by atoms with Gasteiger partial charge in [0.15, 0.2) is 0 Å². The van der Waals surface area contributed by atoms with Gasteiger partial charge in [0.2, 0.25) is 0 Å². The molecule has 1 aliphatic heterocycles. The molecular formula is C14H25N5O. The van der Waals surface area contributed by atoms with E-state index in [0.29, 0.717) is 0 Å². The van der Waals surface area contributed by atoms with Crippen molar-refractivity contribution in [3.63, 3.8) is 0 Å². The first-order valence-corrected chi connectivity index (χ1v) is 7.37. The number of hydrogen-bond donors (Lipinski definition) is 1. The monoisotopic (exact) mass is 279 g/mol. The fraction of sp³-hybridized carbons (Fsp3) is 0.714. The summed E-state index contributed by atoms with van der Waals surface area (Å²) in [6, 6.07) is 1.94. The van der Waals surface area contributed by atoms with E-state index in [1.807, 2.05) is 18.0 Å². The van der Waals surface area contributed by atoms with Crippen molar-refractivity contribution in [3.8, 4) is 0 Å². The number of likely N-dealkylation sites (N-methyl/N-ethyl adjacent to an activating group) is 1. The third-order valence-electron chi connectivity index (χ3n) is 3.68. The quantitative estimate of drug-likeness (QED) is 0.913. The molecular weight excluding hydrogens is 254 g/mol. The number of rotatable bonds is 3. The molecule has 0 unspecified atom stereocenters. The number of hydrogen-bond acceptors (Lipinski definition) is 3. The molecule has 1 saturated heterocycles. The first-order valence-electron chi connectivity index (χ1n) is 7.37. The molecule has 0 bridgehead atoms. The molecule has 1 aromatic heterocycles. The molecule has 0 aliphatic carbocycles. The van der Waals surface area contributed by atoms with Gasteiger partial charge in [-0.2, -0.15) is 5.10 Å². The van der Waals surface area contributed by atoms with E-state index >= 15 is 0 Å². The number of carbonyl (C=O) groups is 1. The van der Waals surface area contributed by atoms with Crippen molar-refractivity contribution in [1.82, 2.24) is 19.6 Å². The Bertz CT molecular complexity index is 456. The van der Waals surface area contributed by atoms with Crippen LogP contribution in [0.5, 0.6) is 0 Å². The molecule has 1 N–H and O–H groups in total. The van der Waals surface area contributed by atoms with Crippen molar-refractivity contribution in [1.29, 1.82) is 0 Å². The summed E-state index contributed by atoms with van der Waals surface area (Å²) in [7, 11) is 3.96. The van der Waals surface area contributed by atoms with Crippen molar-refractivity contribution in [2.75, 3.05) is 38.5 Å². The minimum atomic E-state index is -0.0219. The zero-order valence-corrected chi connectivity index (χ0v) is 12.7. The molecule has 2 amide bonds. The van der Waals surface area contributed by atoms with Crippen LogP contribution in [-0.2, 0) is 13.5 Å². The molecule has 112 valence electrons. The van der Waals surface area contributed by atoms with Gasteiger partial charge in [0.1, 0.15) is 5.82 Å². The van der Waals surface area contributed by atoms with Crippen molar-refractivity contribution in [3.05, 3.63) is 11.8 Å². The van der Waals surface area contributed by atoms with E-state index in [4.69, 9.17) is 0 Å². The van der Waals surface area contributed by atoms with Gasteiger partial charge in [-0.15, -0.1) is 0 Å². The van der Waals surface area contributed by atoms with Crippen LogP contribution in [0.2, 0.25) is 0 Å². The van der Waals surface area contributed by atoms with E-state index in [1.165, 1.54) is 0 Å². The minimum Gasteiger partial charge on any atom is -0.323 e. The lowest BCUT2D eigenvalue weighted by molar-refractivity contribution is 0.213. The fourth-order valence-electron chi connectivity index (χ4n) is 2.46. The van der Waals surface area contributed by atoms with Gasteiger partial charge in [-0.1, -0.05) is 13.3 Å². The Morgan fingerprint density at radius 2 is 2.10 bits per heavy atom. The van der Waals surface area contributed by atoms with Crippen LogP contribution < -0.4 is 5.32 Å². The van der Waals surface area contributed by atoms with Gasteiger partial charge in [0, 0.05) is 32.7 Å². The van der Waals surface area contributed by atoms with Gasteiger partial charge >= 0.3 is 6.03 Å². The molecule has 6 heteroatoms. The smallest absolute Gasteiger partial charge is 0.323 e. The normalized spacial score (nSPS) is 17.1. The number of aromatic nitrogens is 2. The van der Waals surface area contributed by atoms with Gasteiger partial charge in [-0.05, 0) is 26.4 Å². The minimum absolute atomic E-state index is 0.0219. The molecule has 1 aliphatic rings. The molecule has 0 spiro atoms. The van der Waals surface area contributed by atoms with Crippen molar-refractivity contribution in [2.24, 2.45) is 7.05 Å². The van der Waals surface area contributed by atoms with Crippen molar-refractivity contribution < 1.29 is 4.79 Å². The van der Waals surface area contributed by atoms with E-state index < -0.39 is 0 Å². The van der Waals surface area contributed by atoms with Crippen LogP contribution in [0.15, 0.2) is 6.07 Å². The van der Waals surface area contributed by atoms with E-state index in [-0.39, 0.29) is 6.03 Å². The lowest BCUT2D eigenvalue weighted by Crippen LogP contribution is -2.38. The molecule has 1 aromatic rings. The van der Waals surface area contributed by atoms with Crippen LogP contribution in [0.4, 0.5) is 10.6 Å². The van der Waals surface area contributed by atoms with E-state index in [1.54, 1.807) is 4.68 Å². The molecule has 0 radical (unpaired) electrons. The molecule has 2 heterocycles. The fourth-order valence-corrected chi connectivity index (χ4v) is 2.46. The summed E-state index contributed by atoms with van der Waals surface area (Å²) in [5.74, 6) is 0.774. The zero-order chi connectivity index (χ0) is 14.5. The summed E-state index contributed by atoms with van der Waals surface area (Å²) in [4.78, 5) is 16.4. The summed E-state index contributed by atoms with van der Waals surface area (Å²) in [5, 5.41) is 7.37. The average Bonchev–Trinajstić information content (AvgIpc) is 2.62. The summed E-state index contributed by atoms with van der Waals surface area (Å²) in [5.41, 5.74) is 1.03. The molecule has 0 saturated carbocycles. The number of carbonyl (C=O) groups excluding carboxylic acids is 1. The van der Waals surface area contributed by atoms with Crippen LogP contribution in [0.25, 0.3) is 0 Å². The van der Waals surface area contributed by atoms with E-state index in [2.05, 4.69) is 29.3 Å². The highest BCUT2D eigenvalue weighted by Crippen LogP contribution is 2.12. The number of aryl methyl sites for hydroxylation is 2. The summed E-state index contributed by atoms with van der Waals surface area (Å²) >= 11 is 0. The van der Waals surface area contributed by atoms with Gasteiger partial charge in [-0.3, -0.25) is 10.00 Å². The second-order valence-corrected chi connectivity index (χ2v) is 5.47. The SMILES string of the molecule is CCCc1cc(NC(=O)N2CCCN(C)CC2)n(C)n1. The van der Waals surface area contributed by atoms with E-state index in [9.17, 15) is 4.79 Å². The van der Waals surface area contributed by atoms with Crippen LogP contribution in [0, 0.1) is 0 Å². The Morgan fingerprint density at radius 1 is 1.30 bits per heavy atom. The van der Waals surface area contributed by atoms with Gasteiger partial charge < -0.3 is 9.80 Å². The summed E-state index contributed by atoms with van der Waals surface area (Å²) in [6.45, 7) is 5.70. The second-order valence-electron chi connectivity index (χ2n) is 5.47. The standard InChI is InChI=1S/C14H25N5O/c1-4-6-12-11-13(18(3)16-12)15-14(20)19-8-5-7-17(2)9-10-19/h11H,4-10H2,1-3H3,(H,15,20). The molecule has 0 atom stereocenters. The summed E-state index contributed by atoms with van der Waals surface area (Å²) < 4.78 is 1.74.